The molecular formula is C20H18ClN5O2. The van der Waals surface area contributed by atoms with Crippen molar-refractivity contribution in [2.24, 2.45) is 0 Å². The Kier molecular flexibility index (Phi) is 5.08. The molecule has 0 saturated carbocycles. The van der Waals surface area contributed by atoms with Crippen molar-refractivity contribution < 1.29 is 4.52 Å². The number of halogens is 1. The summed E-state index contributed by atoms with van der Waals surface area (Å²) in [4.78, 5) is 16.9. The lowest BCUT2D eigenvalue weighted by molar-refractivity contribution is 0.364. The Hall–Kier alpha value is -3.19. The van der Waals surface area contributed by atoms with Crippen LogP contribution in [0.2, 0.25) is 5.02 Å². The number of aromatic nitrogens is 5. The normalized spacial score (nSPS) is 11.1. The summed E-state index contributed by atoms with van der Waals surface area (Å²) >= 11 is 5.90. The number of hydrogen-bond acceptors (Lipinski definition) is 5. The van der Waals surface area contributed by atoms with Crippen molar-refractivity contribution in [3.05, 3.63) is 87.1 Å². The minimum Gasteiger partial charge on any atom is -0.337 e. The maximum atomic E-state index is 12.5. The molecule has 0 atom stereocenters. The Morgan fingerprint density at radius 3 is 2.75 bits per heavy atom. The third kappa shape index (κ3) is 4.04. The van der Waals surface area contributed by atoms with Crippen molar-refractivity contribution in [3.8, 4) is 11.1 Å². The first kappa shape index (κ1) is 18.2. The van der Waals surface area contributed by atoms with Gasteiger partial charge in [-0.05, 0) is 37.1 Å². The molecule has 0 aliphatic heterocycles. The number of aryl methyl sites for hydroxylation is 3. The van der Waals surface area contributed by atoms with Crippen molar-refractivity contribution in [2.45, 2.75) is 26.3 Å². The number of benzene rings is 1. The quantitative estimate of drug-likeness (QED) is 0.540. The number of H-pyrrole nitrogens is 1. The summed E-state index contributed by atoms with van der Waals surface area (Å²) in [5.74, 6) is 1.01. The fourth-order valence-corrected chi connectivity index (χ4v) is 3.10. The minimum absolute atomic E-state index is 0.0897. The lowest BCUT2D eigenvalue weighted by atomic mass is 10.1. The van der Waals surface area contributed by atoms with Crippen LogP contribution in [-0.4, -0.2) is 24.9 Å². The van der Waals surface area contributed by atoms with Gasteiger partial charge in [0.2, 0.25) is 5.89 Å². The molecule has 142 valence electrons. The van der Waals surface area contributed by atoms with Crippen LogP contribution in [0.15, 0.2) is 58.2 Å². The van der Waals surface area contributed by atoms with E-state index in [2.05, 4.69) is 20.3 Å². The highest BCUT2D eigenvalue weighted by atomic mass is 35.5. The summed E-state index contributed by atoms with van der Waals surface area (Å²) in [7, 11) is 0. The molecule has 0 aliphatic carbocycles. The van der Waals surface area contributed by atoms with Crippen LogP contribution in [0.3, 0.4) is 0 Å². The lowest BCUT2D eigenvalue weighted by Crippen LogP contribution is -2.22. The Bertz CT molecular complexity index is 1130. The van der Waals surface area contributed by atoms with E-state index in [-0.39, 0.29) is 12.1 Å². The molecular weight excluding hydrogens is 378 g/mol. The van der Waals surface area contributed by atoms with Crippen molar-refractivity contribution >= 4 is 11.6 Å². The summed E-state index contributed by atoms with van der Waals surface area (Å²) in [5, 5.41) is 11.5. The summed E-state index contributed by atoms with van der Waals surface area (Å²) in [5.41, 5.74) is 3.50. The Morgan fingerprint density at radius 1 is 1.18 bits per heavy atom. The molecule has 7 nitrogen and oxygen atoms in total. The first-order valence-corrected chi connectivity index (χ1v) is 9.22. The predicted octanol–water partition coefficient (Wildman–Crippen LogP) is 3.42. The number of nitrogens with one attached hydrogen (secondary N) is 1. The lowest BCUT2D eigenvalue weighted by Gasteiger charge is -2.07. The standard InChI is InChI=1S/C20H18ClN5O2/c1-13-8-15(16-9-22-23-10-16)11-26(20(13)27)12-19-24-18(25-28-19)7-4-14-2-5-17(21)6-3-14/h2-3,5-6,8-11H,4,7,12H2,1H3,(H,22,23). The molecule has 0 radical (unpaired) electrons. The molecule has 0 saturated heterocycles. The van der Waals surface area contributed by atoms with E-state index in [0.29, 0.717) is 28.7 Å². The molecule has 0 aliphatic rings. The summed E-state index contributed by atoms with van der Waals surface area (Å²) in [6, 6.07) is 9.52. The SMILES string of the molecule is Cc1cc(-c2cn[nH]c2)cn(Cc2nc(CCc3ccc(Cl)cc3)no2)c1=O. The summed E-state index contributed by atoms with van der Waals surface area (Å²) in [6.45, 7) is 2.01. The highest BCUT2D eigenvalue weighted by Gasteiger charge is 2.11. The average Bonchev–Trinajstić information content (AvgIpc) is 3.37. The Morgan fingerprint density at radius 2 is 2.00 bits per heavy atom. The maximum absolute atomic E-state index is 12.5. The molecule has 28 heavy (non-hydrogen) atoms. The second-order valence-electron chi connectivity index (χ2n) is 6.56. The molecule has 8 heteroatoms. The zero-order valence-electron chi connectivity index (χ0n) is 15.2. The van der Waals surface area contributed by atoms with E-state index in [0.717, 1.165) is 23.1 Å². The molecule has 1 aromatic carbocycles. The van der Waals surface area contributed by atoms with Gasteiger partial charge in [0.25, 0.3) is 5.56 Å². The van der Waals surface area contributed by atoms with Gasteiger partial charge in [-0.25, -0.2) is 0 Å². The molecule has 3 aromatic heterocycles. The molecule has 1 N–H and O–H groups in total. The molecule has 4 aromatic rings. The number of aromatic amines is 1. The van der Waals surface area contributed by atoms with Crippen molar-refractivity contribution in [3.63, 3.8) is 0 Å². The first-order chi connectivity index (χ1) is 13.6. The van der Waals surface area contributed by atoms with E-state index in [1.54, 1.807) is 30.1 Å². The van der Waals surface area contributed by atoms with Gasteiger partial charge in [0.05, 0.1) is 6.20 Å². The van der Waals surface area contributed by atoms with Crippen LogP contribution in [0.25, 0.3) is 11.1 Å². The van der Waals surface area contributed by atoms with Gasteiger partial charge in [-0.15, -0.1) is 0 Å². The monoisotopic (exact) mass is 395 g/mol. The van der Waals surface area contributed by atoms with E-state index in [1.165, 1.54) is 0 Å². The van der Waals surface area contributed by atoms with Gasteiger partial charge < -0.3 is 9.09 Å². The van der Waals surface area contributed by atoms with Crippen molar-refractivity contribution in [1.82, 2.24) is 24.9 Å². The second-order valence-corrected chi connectivity index (χ2v) is 7.00. The van der Waals surface area contributed by atoms with Gasteiger partial charge in [0.1, 0.15) is 6.54 Å². The van der Waals surface area contributed by atoms with Crippen LogP contribution < -0.4 is 5.56 Å². The number of pyridine rings is 1. The summed E-state index contributed by atoms with van der Waals surface area (Å²) in [6.07, 6.45) is 6.70. The Balaban J connectivity index is 1.49. The van der Waals surface area contributed by atoms with Crippen LogP contribution in [-0.2, 0) is 19.4 Å². The van der Waals surface area contributed by atoms with E-state index < -0.39 is 0 Å². The molecule has 4 rings (SSSR count). The Labute approximate surface area is 166 Å². The highest BCUT2D eigenvalue weighted by molar-refractivity contribution is 6.30. The highest BCUT2D eigenvalue weighted by Crippen LogP contribution is 2.17. The largest absolute Gasteiger partial charge is 0.337 e. The van der Waals surface area contributed by atoms with Gasteiger partial charge in [0.15, 0.2) is 5.82 Å². The van der Waals surface area contributed by atoms with E-state index in [9.17, 15) is 4.79 Å². The van der Waals surface area contributed by atoms with Crippen LogP contribution >= 0.6 is 11.6 Å². The van der Waals surface area contributed by atoms with E-state index >= 15 is 0 Å². The fraction of sp³-hybridized carbons (Fsp3) is 0.200. The van der Waals surface area contributed by atoms with Crippen LogP contribution in [0.4, 0.5) is 0 Å². The molecule has 0 unspecified atom stereocenters. The molecule has 3 heterocycles. The van der Waals surface area contributed by atoms with Gasteiger partial charge in [-0.2, -0.15) is 10.1 Å². The average molecular weight is 396 g/mol. The predicted molar refractivity (Wildman–Crippen MR) is 105 cm³/mol. The molecule has 0 bridgehead atoms. The third-order valence-corrected chi connectivity index (χ3v) is 4.71. The number of hydrogen-bond donors (Lipinski definition) is 1. The van der Waals surface area contributed by atoms with Gasteiger partial charge in [0, 0.05) is 40.5 Å². The van der Waals surface area contributed by atoms with Gasteiger partial charge >= 0.3 is 0 Å². The molecule has 0 fully saturated rings. The number of nitrogens with zero attached hydrogens (tertiary/aromatic N) is 4. The van der Waals surface area contributed by atoms with E-state index in [4.69, 9.17) is 16.1 Å². The van der Waals surface area contributed by atoms with Crippen LogP contribution in [0, 0.1) is 6.92 Å². The van der Waals surface area contributed by atoms with Crippen LogP contribution in [0.5, 0.6) is 0 Å². The molecule has 0 spiro atoms. The topological polar surface area (TPSA) is 89.6 Å². The van der Waals surface area contributed by atoms with Crippen molar-refractivity contribution in [2.75, 3.05) is 0 Å². The minimum atomic E-state index is -0.0897. The smallest absolute Gasteiger partial charge is 0.253 e. The third-order valence-electron chi connectivity index (χ3n) is 4.46. The summed E-state index contributed by atoms with van der Waals surface area (Å²) < 4.78 is 6.92. The zero-order chi connectivity index (χ0) is 19.5. The molecule has 0 amide bonds. The van der Waals surface area contributed by atoms with E-state index in [1.807, 2.05) is 30.3 Å². The zero-order valence-corrected chi connectivity index (χ0v) is 16.0. The van der Waals surface area contributed by atoms with Gasteiger partial charge in [-0.3, -0.25) is 9.89 Å². The van der Waals surface area contributed by atoms with Crippen molar-refractivity contribution in [1.29, 1.82) is 0 Å². The van der Waals surface area contributed by atoms with Crippen LogP contribution in [0.1, 0.15) is 22.8 Å². The first-order valence-electron chi connectivity index (χ1n) is 8.84. The number of rotatable bonds is 6. The maximum Gasteiger partial charge on any atom is 0.253 e. The second kappa shape index (κ2) is 7.82. The van der Waals surface area contributed by atoms with Gasteiger partial charge in [-0.1, -0.05) is 28.9 Å². The fourth-order valence-electron chi connectivity index (χ4n) is 2.98.